The number of rotatable bonds is 2. The largest absolute Gasteiger partial charge is 0.427 e. The molecule has 3 aliphatic heterocycles. The minimum atomic E-state index is -0.286. The van der Waals surface area contributed by atoms with Gasteiger partial charge in [0.2, 0.25) is 5.91 Å². The zero-order valence-corrected chi connectivity index (χ0v) is 40.8. The van der Waals surface area contributed by atoms with Crippen LogP contribution in [0.3, 0.4) is 0 Å². The normalized spacial score (nSPS) is 13.7. The first-order valence-electron chi connectivity index (χ1n) is 21.8. The third-order valence-corrected chi connectivity index (χ3v) is 11.3. The highest BCUT2D eigenvalue weighted by molar-refractivity contribution is 9.10. The number of benzene rings is 5. The minimum Gasteiger partial charge on any atom is -0.427 e. The number of anilines is 1. The zero-order chi connectivity index (χ0) is 49.8. The molecule has 5 heterocycles. The Labute approximate surface area is 418 Å². The van der Waals surface area contributed by atoms with Crippen LogP contribution in [0.15, 0.2) is 122 Å². The third-order valence-electron chi connectivity index (χ3n) is 10.3. The summed E-state index contributed by atoms with van der Waals surface area (Å²) in [6, 6.07) is 27.8. The Morgan fingerprint density at radius 1 is 0.643 bits per heavy atom. The quantitative estimate of drug-likeness (QED) is 0.102. The monoisotopic (exact) mass is 1080 g/mol. The van der Waals surface area contributed by atoms with Gasteiger partial charge in [0.15, 0.2) is 5.75 Å². The van der Waals surface area contributed by atoms with Crippen LogP contribution in [0.2, 0.25) is 0 Å². The molecule has 18 heteroatoms. The number of nitrogen functional groups attached to an aromatic ring is 1. The Hall–Kier alpha value is -7.06. The predicted molar refractivity (Wildman–Crippen MR) is 269 cm³/mol. The molecule has 1 fully saturated rings. The van der Waals surface area contributed by atoms with Crippen LogP contribution in [0.5, 0.6) is 5.75 Å². The number of nitrogens with zero attached hydrogens (tertiary/aromatic N) is 4. The van der Waals surface area contributed by atoms with Gasteiger partial charge in [0.25, 0.3) is 17.6 Å². The van der Waals surface area contributed by atoms with Crippen molar-refractivity contribution in [2.24, 2.45) is 0 Å². The van der Waals surface area contributed by atoms with E-state index in [9.17, 15) is 28.0 Å². The lowest BCUT2D eigenvalue weighted by atomic mass is 10.1. The van der Waals surface area contributed by atoms with Crippen LogP contribution in [0.1, 0.15) is 34.8 Å². The average molecular weight is 1080 g/mol. The Morgan fingerprint density at radius 2 is 1.14 bits per heavy atom. The van der Waals surface area contributed by atoms with Gasteiger partial charge in [-0.3, -0.25) is 28.3 Å². The van der Waals surface area contributed by atoms with E-state index in [4.69, 9.17) is 26.4 Å². The lowest BCUT2D eigenvalue weighted by Gasteiger charge is -2.09. The van der Waals surface area contributed by atoms with E-state index in [-0.39, 0.29) is 28.7 Å². The number of aromatic nitrogens is 4. The van der Waals surface area contributed by atoms with Gasteiger partial charge in [-0.2, -0.15) is 0 Å². The number of hydrogen-bond donors (Lipinski definition) is 2. The van der Waals surface area contributed by atoms with E-state index in [0.29, 0.717) is 118 Å². The SMILES string of the molecule is C#Cc1ccc(F)cc1.Nc1cc(Br)ccc1OC=O.O=C1CCOCCN1.O=c1c2ccc(Br)cc2nc2n1CCOCC2.O=c1c2ccc(C#Cc3ccc(F)cc3)cc2nc2n1CCOCC2. The van der Waals surface area contributed by atoms with E-state index < -0.39 is 0 Å². The van der Waals surface area contributed by atoms with Gasteiger partial charge in [0.05, 0.1) is 80.2 Å². The van der Waals surface area contributed by atoms with Crippen molar-refractivity contribution in [3.05, 3.63) is 173 Å². The second-order valence-electron chi connectivity index (χ2n) is 15.1. The van der Waals surface area contributed by atoms with Crippen molar-refractivity contribution >= 4 is 71.7 Å². The van der Waals surface area contributed by atoms with Crippen molar-refractivity contribution < 1.29 is 37.3 Å². The van der Waals surface area contributed by atoms with Crippen molar-refractivity contribution in [3.63, 3.8) is 0 Å². The summed E-state index contributed by atoms with van der Waals surface area (Å²) in [5.41, 5.74) is 9.51. The fraction of sp³-hybridized carbons (Fsp3) is 0.231. The number of nitrogens with two attached hydrogens (primary N) is 1. The number of ether oxygens (including phenoxy) is 4. The molecule has 5 aromatic carbocycles. The van der Waals surface area contributed by atoms with Crippen molar-refractivity contribution in [1.29, 1.82) is 0 Å². The van der Waals surface area contributed by atoms with Crippen molar-refractivity contribution in [3.8, 4) is 29.9 Å². The molecule has 0 unspecified atom stereocenters. The van der Waals surface area contributed by atoms with Crippen LogP contribution >= 0.6 is 31.9 Å². The molecule has 1 amide bonds. The summed E-state index contributed by atoms with van der Waals surface area (Å²) >= 11 is 6.62. The summed E-state index contributed by atoms with van der Waals surface area (Å²) in [6.45, 7) is 5.68. The molecule has 70 heavy (non-hydrogen) atoms. The van der Waals surface area contributed by atoms with Crippen LogP contribution < -0.4 is 26.9 Å². The van der Waals surface area contributed by atoms with Gasteiger partial charge in [-0.25, -0.2) is 18.7 Å². The molecule has 0 atom stereocenters. The molecule has 0 radical (unpaired) electrons. The first kappa shape index (κ1) is 52.3. The summed E-state index contributed by atoms with van der Waals surface area (Å²) in [4.78, 5) is 54.5. The van der Waals surface area contributed by atoms with E-state index in [0.717, 1.165) is 37.2 Å². The molecule has 0 saturated carbocycles. The van der Waals surface area contributed by atoms with E-state index in [1.165, 1.54) is 24.3 Å². The van der Waals surface area contributed by atoms with Crippen LogP contribution in [0.4, 0.5) is 14.5 Å². The maximum Gasteiger partial charge on any atom is 0.298 e. The highest BCUT2D eigenvalue weighted by Crippen LogP contribution is 2.24. The van der Waals surface area contributed by atoms with Crippen LogP contribution in [0, 0.1) is 35.8 Å². The summed E-state index contributed by atoms with van der Waals surface area (Å²) < 4.78 is 50.6. The first-order valence-corrected chi connectivity index (χ1v) is 23.4. The van der Waals surface area contributed by atoms with E-state index in [2.05, 4.69) is 69.6 Å². The summed E-state index contributed by atoms with van der Waals surface area (Å²) in [5.74, 6) is 9.92. The second-order valence-corrected chi connectivity index (χ2v) is 16.9. The van der Waals surface area contributed by atoms with Gasteiger partial charge >= 0.3 is 0 Å². The summed E-state index contributed by atoms with van der Waals surface area (Å²) in [5, 5.41) is 3.93. The molecule has 0 spiro atoms. The number of halogens is 4. The molecule has 360 valence electrons. The molecule has 7 aromatic rings. The second kappa shape index (κ2) is 26.6. The standard InChI is InChI=1S/C20H15FN2O2.C12H11BrN2O2.C8H5F.C7H6BrNO2.C5H9NO2/c21-16-6-3-14(4-7-16)1-2-15-5-8-17-18(13-15)22-19-9-11-25-12-10-23(19)20(17)24;13-8-1-2-9-10(7-8)14-11-3-5-17-6-4-15(11)12(9)16;1-2-7-3-5-8(9)6-4-7;8-5-1-2-7(11-4-10)6(9)3-5;7-5-1-3-8-4-2-6-5/h3-8,13H,9-12H2;1-2,7H,3-6H2;1,3-6H;1-4H,9H2;1-4H2,(H,6,7). The third kappa shape index (κ3) is 15.5. The number of terminal acetylenes is 1. The molecule has 1 saturated heterocycles. The van der Waals surface area contributed by atoms with Crippen LogP contribution in [-0.4, -0.2) is 77.7 Å². The molecular formula is C52H46Br2F2N6O8. The van der Waals surface area contributed by atoms with E-state index in [1.54, 1.807) is 57.7 Å². The van der Waals surface area contributed by atoms with Crippen LogP contribution in [0.25, 0.3) is 21.8 Å². The molecular weight excluding hydrogens is 1030 g/mol. The Balaban J connectivity index is 0.000000155. The molecule has 2 aromatic heterocycles. The van der Waals surface area contributed by atoms with Crippen LogP contribution in [-0.2, 0) is 49.7 Å². The topological polar surface area (TPSA) is 179 Å². The highest BCUT2D eigenvalue weighted by atomic mass is 79.9. The van der Waals surface area contributed by atoms with E-state index >= 15 is 0 Å². The molecule has 0 bridgehead atoms. The fourth-order valence-corrected chi connectivity index (χ4v) is 7.52. The molecule has 0 aliphatic carbocycles. The zero-order valence-electron chi connectivity index (χ0n) is 37.6. The molecule has 3 aliphatic rings. The predicted octanol–water partition coefficient (Wildman–Crippen LogP) is 7.14. The summed E-state index contributed by atoms with van der Waals surface area (Å²) in [7, 11) is 0. The van der Waals surface area contributed by atoms with Crippen molar-refractivity contribution in [2.75, 3.05) is 51.9 Å². The van der Waals surface area contributed by atoms with Gasteiger partial charge in [-0.05, 0) is 103 Å². The van der Waals surface area contributed by atoms with Gasteiger partial charge in [-0.1, -0.05) is 49.6 Å². The Bertz CT molecular complexity index is 3160. The highest BCUT2D eigenvalue weighted by Gasteiger charge is 2.15. The first-order chi connectivity index (χ1) is 33.9. The Kier molecular flexibility index (Phi) is 19.9. The Morgan fingerprint density at radius 3 is 1.73 bits per heavy atom. The van der Waals surface area contributed by atoms with Gasteiger partial charge in [0, 0.05) is 51.4 Å². The number of hydrogen-bond acceptors (Lipinski definition) is 11. The molecule has 14 nitrogen and oxygen atoms in total. The molecule has 3 N–H and O–H groups in total. The smallest absolute Gasteiger partial charge is 0.298 e. The maximum absolute atomic E-state index is 12.9. The number of amides is 1. The number of nitrogens with one attached hydrogen (secondary N) is 1. The molecule has 10 rings (SSSR count). The van der Waals surface area contributed by atoms with Gasteiger partial charge in [-0.15, -0.1) is 6.42 Å². The lowest BCUT2D eigenvalue weighted by Crippen LogP contribution is -2.25. The summed E-state index contributed by atoms with van der Waals surface area (Å²) in [6.07, 6.45) is 6.86. The average Bonchev–Trinajstić information content (AvgIpc) is 3.87. The lowest BCUT2D eigenvalue weighted by molar-refractivity contribution is -0.121. The van der Waals surface area contributed by atoms with E-state index in [1.807, 2.05) is 30.3 Å². The van der Waals surface area contributed by atoms with Crippen molar-refractivity contribution in [2.45, 2.75) is 32.4 Å². The van der Waals surface area contributed by atoms with Crippen molar-refractivity contribution in [1.82, 2.24) is 24.4 Å². The minimum absolute atomic E-state index is 0.0306. The van der Waals surface area contributed by atoms with Gasteiger partial charge in [0.1, 0.15) is 23.3 Å². The maximum atomic E-state index is 12.9. The number of carbonyl (C=O) groups is 2. The number of fused-ring (bicyclic) bond motifs is 4. The van der Waals surface area contributed by atoms with Gasteiger partial charge < -0.3 is 30.0 Å². The fourth-order valence-electron chi connectivity index (χ4n) is 6.79. The number of carbonyl (C=O) groups excluding carboxylic acids is 2.